The van der Waals surface area contributed by atoms with Gasteiger partial charge in [0.1, 0.15) is 5.82 Å². The maximum atomic E-state index is 4.20. The monoisotopic (exact) mass is 227 g/mol. The fourth-order valence-corrected chi connectivity index (χ4v) is 1.78. The van der Waals surface area contributed by atoms with Gasteiger partial charge in [-0.25, -0.2) is 9.97 Å². The third kappa shape index (κ3) is 3.28. The summed E-state index contributed by atoms with van der Waals surface area (Å²) in [5.41, 5.74) is 2.53. The zero-order valence-corrected chi connectivity index (χ0v) is 10.1. The first-order valence-corrected chi connectivity index (χ1v) is 5.98. The van der Waals surface area contributed by atoms with Crippen molar-refractivity contribution in [1.82, 2.24) is 9.97 Å². The molecule has 0 spiro atoms. The minimum atomic E-state index is 0.668. The second-order valence-electron chi connectivity index (χ2n) is 3.93. The molecule has 0 aliphatic carbocycles. The quantitative estimate of drug-likeness (QED) is 0.853. The minimum Gasteiger partial charge on any atom is -0.378 e. The van der Waals surface area contributed by atoms with Crippen LogP contribution in [0.1, 0.15) is 24.7 Å². The highest BCUT2D eigenvalue weighted by Gasteiger charge is 2.01. The van der Waals surface area contributed by atoms with E-state index in [1.165, 1.54) is 11.3 Å². The lowest BCUT2D eigenvalue weighted by atomic mass is 10.1. The van der Waals surface area contributed by atoms with E-state index in [1.54, 1.807) is 12.4 Å². The summed E-state index contributed by atoms with van der Waals surface area (Å²) in [7, 11) is 0. The first kappa shape index (κ1) is 11.6. The van der Waals surface area contributed by atoms with E-state index in [-0.39, 0.29) is 0 Å². The molecule has 1 aromatic heterocycles. The van der Waals surface area contributed by atoms with Crippen molar-refractivity contribution < 1.29 is 0 Å². The number of aromatic nitrogens is 2. The Hall–Kier alpha value is -1.90. The molecule has 0 unspecified atom stereocenters. The van der Waals surface area contributed by atoms with Crippen molar-refractivity contribution in [2.45, 2.75) is 26.3 Å². The maximum Gasteiger partial charge on any atom is 0.147 e. The fourth-order valence-electron chi connectivity index (χ4n) is 1.78. The summed E-state index contributed by atoms with van der Waals surface area (Å²) in [4.78, 5) is 8.39. The van der Waals surface area contributed by atoms with Gasteiger partial charge in [0.05, 0.1) is 6.54 Å². The van der Waals surface area contributed by atoms with E-state index in [1.807, 2.05) is 12.1 Å². The number of rotatable bonds is 5. The first-order valence-electron chi connectivity index (χ1n) is 5.98. The van der Waals surface area contributed by atoms with Gasteiger partial charge in [0.25, 0.3) is 0 Å². The topological polar surface area (TPSA) is 37.8 Å². The molecule has 2 rings (SSSR count). The molecule has 3 nitrogen and oxygen atoms in total. The summed E-state index contributed by atoms with van der Waals surface area (Å²) in [6.07, 6.45) is 5.78. The molecule has 1 aromatic carbocycles. The summed E-state index contributed by atoms with van der Waals surface area (Å²) in [6.45, 7) is 2.86. The number of hydrogen-bond acceptors (Lipinski definition) is 3. The van der Waals surface area contributed by atoms with Crippen LogP contribution in [-0.4, -0.2) is 9.97 Å². The van der Waals surface area contributed by atoms with Gasteiger partial charge in [-0.15, -0.1) is 0 Å². The Labute approximate surface area is 102 Å². The Morgan fingerprint density at radius 1 is 1.06 bits per heavy atom. The van der Waals surface area contributed by atoms with E-state index in [0.717, 1.165) is 18.7 Å². The largest absolute Gasteiger partial charge is 0.378 e. The summed E-state index contributed by atoms with van der Waals surface area (Å²) < 4.78 is 0. The van der Waals surface area contributed by atoms with Crippen LogP contribution in [0.25, 0.3) is 0 Å². The van der Waals surface area contributed by atoms with E-state index >= 15 is 0 Å². The van der Waals surface area contributed by atoms with Crippen molar-refractivity contribution in [3.8, 4) is 0 Å². The highest BCUT2D eigenvalue weighted by Crippen LogP contribution is 2.17. The summed E-state index contributed by atoms with van der Waals surface area (Å²) in [5.74, 6) is 0.818. The number of nitrogens with one attached hydrogen (secondary N) is 1. The maximum absolute atomic E-state index is 4.20. The lowest BCUT2D eigenvalue weighted by molar-refractivity contribution is 0.909. The smallest absolute Gasteiger partial charge is 0.147 e. The molecular formula is C14H17N3. The SMILES string of the molecule is CCCc1ccccc1NCc1ncccn1. The van der Waals surface area contributed by atoms with E-state index < -0.39 is 0 Å². The molecular weight excluding hydrogens is 210 g/mol. The zero-order chi connectivity index (χ0) is 11.9. The molecule has 0 bridgehead atoms. The van der Waals surface area contributed by atoms with Gasteiger partial charge in [0.15, 0.2) is 0 Å². The molecule has 0 aliphatic heterocycles. The molecule has 0 radical (unpaired) electrons. The second-order valence-corrected chi connectivity index (χ2v) is 3.93. The summed E-state index contributed by atoms with van der Waals surface area (Å²) in [5, 5.41) is 3.39. The normalized spacial score (nSPS) is 10.2. The summed E-state index contributed by atoms with van der Waals surface area (Å²) in [6, 6.07) is 10.2. The van der Waals surface area contributed by atoms with Crippen molar-refractivity contribution in [2.24, 2.45) is 0 Å². The number of aryl methyl sites for hydroxylation is 1. The Balaban J connectivity index is 2.03. The molecule has 0 saturated heterocycles. The molecule has 0 amide bonds. The Morgan fingerprint density at radius 3 is 2.59 bits per heavy atom. The Kier molecular flexibility index (Phi) is 4.08. The van der Waals surface area contributed by atoms with Gasteiger partial charge in [-0.05, 0) is 24.1 Å². The van der Waals surface area contributed by atoms with Crippen LogP contribution in [0.5, 0.6) is 0 Å². The van der Waals surface area contributed by atoms with Gasteiger partial charge >= 0.3 is 0 Å². The molecule has 17 heavy (non-hydrogen) atoms. The van der Waals surface area contributed by atoms with Crippen LogP contribution in [-0.2, 0) is 13.0 Å². The molecule has 2 aromatic rings. The first-order chi connectivity index (χ1) is 8.40. The molecule has 3 heteroatoms. The van der Waals surface area contributed by atoms with Crippen LogP contribution >= 0.6 is 0 Å². The summed E-state index contributed by atoms with van der Waals surface area (Å²) >= 11 is 0. The lowest BCUT2D eigenvalue weighted by Gasteiger charge is -2.10. The van der Waals surface area contributed by atoms with Gasteiger partial charge in [-0.3, -0.25) is 0 Å². The molecule has 0 saturated carbocycles. The molecule has 1 N–H and O–H groups in total. The van der Waals surface area contributed by atoms with Gasteiger partial charge in [-0.2, -0.15) is 0 Å². The van der Waals surface area contributed by atoms with Crippen LogP contribution < -0.4 is 5.32 Å². The molecule has 0 aliphatic rings. The number of anilines is 1. The molecule has 0 atom stereocenters. The minimum absolute atomic E-state index is 0.668. The highest BCUT2D eigenvalue weighted by atomic mass is 15.0. The van der Waals surface area contributed by atoms with Crippen LogP contribution in [0.4, 0.5) is 5.69 Å². The zero-order valence-electron chi connectivity index (χ0n) is 10.1. The standard InChI is InChI=1S/C14H17N3/c1-2-6-12-7-3-4-8-13(12)17-11-14-15-9-5-10-16-14/h3-5,7-10,17H,2,6,11H2,1H3. The Morgan fingerprint density at radius 2 is 1.82 bits per heavy atom. The van der Waals surface area contributed by atoms with Crippen molar-refractivity contribution in [3.05, 3.63) is 54.1 Å². The van der Waals surface area contributed by atoms with Crippen molar-refractivity contribution in [3.63, 3.8) is 0 Å². The van der Waals surface area contributed by atoms with E-state index in [9.17, 15) is 0 Å². The Bertz CT molecular complexity index is 454. The average Bonchev–Trinajstić information content (AvgIpc) is 2.39. The predicted molar refractivity (Wildman–Crippen MR) is 69.8 cm³/mol. The molecule has 88 valence electrons. The van der Waals surface area contributed by atoms with Gasteiger partial charge < -0.3 is 5.32 Å². The van der Waals surface area contributed by atoms with Crippen LogP contribution in [0.3, 0.4) is 0 Å². The van der Waals surface area contributed by atoms with Gasteiger partial charge in [0, 0.05) is 18.1 Å². The van der Waals surface area contributed by atoms with Crippen LogP contribution in [0.15, 0.2) is 42.7 Å². The fraction of sp³-hybridized carbons (Fsp3) is 0.286. The lowest BCUT2D eigenvalue weighted by Crippen LogP contribution is -2.05. The van der Waals surface area contributed by atoms with Crippen molar-refractivity contribution >= 4 is 5.69 Å². The van der Waals surface area contributed by atoms with Crippen LogP contribution in [0, 0.1) is 0 Å². The second kappa shape index (κ2) is 5.99. The van der Waals surface area contributed by atoms with Gasteiger partial charge in [0.2, 0.25) is 0 Å². The van der Waals surface area contributed by atoms with E-state index in [4.69, 9.17) is 0 Å². The third-order valence-electron chi connectivity index (χ3n) is 2.59. The number of benzene rings is 1. The van der Waals surface area contributed by atoms with E-state index in [2.05, 4.69) is 40.4 Å². The molecule has 1 heterocycles. The predicted octanol–water partition coefficient (Wildman–Crippen LogP) is 3.04. The number of para-hydroxylation sites is 1. The van der Waals surface area contributed by atoms with Gasteiger partial charge in [-0.1, -0.05) is 31.5 Å². The van der Waals surface area contributed by atoms with Crippen LogP contribution in [0.2, 0.25) is 0 Å². The number of hydrogen-bond donors (Lipinski definition) is 1. The third-order valence-corrected chi connectivity index (χ3v) is 2.59. The van der Waals surface area contributed by atoms with Crippen molar-refractivity contribution in [2.75, 3.05) is 5.32 Å². The van der Waals surface area contributed by atoms with Crippen molar-refractivity contribution in [1.29, 1.82) is 0 Å². The molecule has 0 fully saturated rings. The highest BCUT2D eigenvalue weighted by molar-refractivity contribution is 5.51. The number of nitrogens with zero attached hydrogens (tertiary/aromatic N) is 2. The average molecular weight is 227 g/mol. The van der Waals surface area contributed by atoms with E-state index in [0.29, 0.717) is 6.54 Å².